The number of nitrogens with zero attached hydrogens (tertiary/aromatic N) is 2. The quantitative estimate of drug-likeness (QED) is 0.198. The Morgan fingerprint density at radius 2 is 1.73 bits per heavy atom. The second kappa shape index (κ2) is 12.7. The Balaban J connectivity index is 1.67. The van der Waals surface area contributed by atoms with Gasteiger partial charge >= 0.3 is 0 Å². The average molecular weight is 545 g/mol. The minimum Gasteiger partial charge on any atom is -0.507 e. The number of aryl methyl sites for hydroxylation is 1. The van der Waals surface area contributed by atoms with E-state index in [1.165, 1.54) is 18.1 Å². The third-order valence-electron chi connectivity index (χ3n) is 7.23. The van der Waals surface area contributed by atoms with E-state index in [9.17, 15) is 19.8 Å². The number of amides is 1. The molecule has 0 spiro atoms. The summed E-state index contributed by atoms with van der Waals surface area (Å²) in [6.45, 7) is 8.96. The second-order valence-corrected chi connectivity index (χ2v) is 9.75. The fraction of sp³-hybridized carbons (Fsp3) is 0.312. The smallest absolute Gasteiger partial charge is 0.295 e. The molecule has 1 unspecified atom stereocenters. The van der Waals surface area contributed by atoms with Gasteiger partial charge in [0.1, 0.15) is 18.1 Å². The van der Waals surface area contributed by atoms with Crippen molar-refractivity contribution in [3.8, 4) is 17.2 Å². The Morgan fingerprint density at radius 3 is 2.38 bits per heavy atom. The van der Waals surface area contributed by atoms with Crippen molar-refractivity contribution in [1.82, 2.24) is 9.80 Å². The summed E-state index contributed by atoms with van der Waals surface area (Å²) >= 11 is 0. The van der Waals surface area contributed by atoms with Crippen LogP contribution in [0, 0.1) is 6.92 Å². The number of Topliss-reactive ketones (excluding diaryl/α,β-unsaturated/α-hetero) is 1. The Morgan fingerprint density at radius 1 is 1.00 bits per heavy atom. The summed E-state index contributed by atoms with van der Waals surface area (Å²) in [4.78, 5) is 30.2. The number of phenolic OH excluding ortho intramolecular Hbond substituents is 1. The van der Waals surface area contributed by atoms with Gasteiger partial charge in [0.2, 0.25) is 0 Å². The van der Waals surface area contributed by atoms with Crippen molar-refractivity contribution >= 4 is 17.4 Å². The molecule has 1 amide bonds. The highest BCUT2D eigenvalue weighted by molar-refractivity contribution is 6.46. The molecule has 0 aliphatic carbocycles. The number of carbonyl (C=O) groups excluding carboxylic acids is 2. The van der Waals surface area contributed by atoms with E-state index in [0.717, 1.165) is 24.2 Å². The molecule has 0 aromatic heterocycles. The van der Waals surface area contributed by atoms with Gasteiger partial charge in [0, 0.05) is 18.7 Å². The van der Waals surface area contributed by atoms with Gasteiger partial charge in [-0.05, 0) is 67.5 Å². The van der Waals surface area contributed by atoms with E-state index < -0.39 is 17.7 Å². The molecule has 210 valence electrons. The number of aromatic hydroxyl groups is 1. The molecule has 1 aliphatic heterocycles. The maximum Gasteiger partial charge on any atom is 0.295 e. The van der Waals surface area contributed by atoms with Crippen molar-refractivity contribution in [3.63, 3.8) is 0 Å². The molecule has 1 heterocycles. The van der Waals surface area contributed by atoms with Crippen LogP contribution in [0.5, 0.6) is 17.2 Å². The van der Waals surface area contributed by atoms with E-state index >= 15 is 0 Å². The van der Waals surface area contributed by atoms with Crippen LogP contribution in [-0.2, 0) is 16.2 Å². The number of hydrogen-bond acceptors (Lipinski definition) is 7. The van der Waals surface area contributed by atoms with E-state index in [2.05, 4.69) is 11.0 Å². The maximum atomic E-state index is 13.3. The summed E-state index contributed by atoms with van der Waals surface area (Å²) in [5.74, 6) is -0.948. The van der Waals surface area contributed by atoms with Crippen molar-refractivity contribution in [2.75, 3.05) is 33.3 Å². The number of likely N-dealkylation sites (tertiary alicyclic amines) is 1. The monoisotopic (exact) mass is 544 g/mol. The van der Waals surface area contributed by atoms with Crippen LogP contribution >= 0.6 is 0 Å². The van der Waals surface area contributed by atoms with Gasteiger partial charge in [0.15, 0.2) is 11.5 Å². The highest BCUT2D eigenvalue weighted by Crippen LogP contribution is 2.41. The summed E-state index contributed by atoms with van der Waals surface area (Å²) in [6, 6.07) is 18.7. The Kier molecular flexibility index (Phi) is 9.11. The number of phenols is 1. The Bertz CT molecular complexity index is 1390. The van der Waals surface area contributed by atoms with Crippen molar-refractivity contribution in [2.45, 2.75) is 33.4 Å². The van der Waals surface area contributed by atoms with E-state index in [4.69, 9.17) is 9.47 Å². The number of hydrogen-bond donors (Lipinski definition) is 2. The molecule has 1 saturated heterocycles. The molecule has 1 aliphatic rings. The van der Waals surface area contributed by atoms with Gasteiger partial charge in [0.25, 0.3) is 11.7 Å². The first-order valence-corrected chi connectivity index (χ1v) is 13.4. The molecular weight excluding hydrogens is 508 g/mol. The van der Waals surface area contributed by atoms with E-state index in [1.54, 1.807) is 36.4 Å². The van der Waals surface area contributed by atoms with Crippen LogP contribution in [0.15, 0.2) is 72.3 Å². The molecule has 0 radical (unpaired) electrons. The molecular formula is C32H36N2O6. The molecule has 4 rings (SSSR count). The number of benzene rings is 3. The number of aliphatic hydroxyl groups is 1. The second-order valence-electron chi connectivity index (χ2n) is 9.75. The predicted octanol–water partition coefficient (Wildman–Crippen LogP) is 5.05. The normalized spacial score (nSPS) is 16.5. The first kappa shape index (κ1) is 28.7. The van der Waals surface area contributed by atoms with Gasteiger partial charge < -0.3 is 29.5 Å². The number of rotatable bonds is 11. The number of ether oxygens (including phenoxy) is 2. The molecule has 40 heavy (non-hydrogen) atoms. The highest BCUT2D eigenvalue weighted by Gasteiger charge is 2.46. The zero-order valence-electron chi connectivity index (χ0n) is 23.4. The summed E-state index contributed by atoms with van der Waals surface area (Å²) < 4.78 is 11.2. The lowest BCUT2D eigenvalue weighted by molar-refractivity contribution is -0.140. The SMILES string of the molecule is CCN(CC)CCN1C(=O)C(=O)C(=C(O)c2ccc(OCc3cccc(C)c3)cc2)C1c1ccc(O)c(OC)c1. The molecule has 2 N–H and O–H groups in total. The van der Waals surface area contributed by atoms with Gasteiger partial charge in [0.05, 0.1) is 18.7 Å². The number of ketones is 1. The molecule has 1 atom stereocenters. The van der Waals surface area contributed by atoms with Crippen LogP contribution in [0.3, 0.4) is 0 Å². The molecule has 0 bridgehead atoms. The molecule has 8 nitrogen and oxygen atoms in total. The van der Waals surface area contributed by atoms with Gasteiger partial charge in [-0.1, -0.05) is 49.7 Å². The zero-order valence-corrected chi connectivity index (χ0v) is 23.4. The van der Waals surface area contributed by atoms with Crippen molar-refractivity contribution in [2.24, 2.45) is 0 Å². The van der Waals surface area contributed by atoms with Crippen molar-refractivity contribution < 1.29 is 29.3 Å². The predicted molar refractivity (Wildman–Crippen MR) is 153 cm³/mol. The third-order valence-corrected chi connectivity index (χ3v) is 7.23. The molecule has 8 heteroatoms. The summed E-state index contributed by atoms with van der Waals surface area (Å²) in [5, 5.41) is 21.5. The van der Waals surface area contributed by atoms with Crippen molar-refractivity contribution in [3.05, 3.63) is 94.6 Å². The topological polar surface area (TPSA) is 99.5 Å². The number of carbonyl (C=O) groups is 2. The van der Waals surface area contributed by atoms with Crippen molar-refractivity contribution in [1.29, 1.82) is 0 Å². The number of likely N-dealkylation sites (N-methyl/N-ethyl adjacent to an activating group) is 1. The lowest BCUT2D eigenvalue weighted by Gasteiger charge is -2.28. The standard InChI is InChI=1S/C32H36N2O6/c1-5-33(6-2)16-17-34-29(24-12-15-26(35)27(19-24)39-4)28(31(37)32(34)38)30(36)23-10-13-25(14-11-23)40-20-22-9-7-8-21(3)18-22/h7-15,18-19,29,35-36H,5-6,16-17,20H2,1-4H3. The Hall–Kier alpha value is -4.30. The largest absolute Gasteiger partial charge is 0.507 e. The molecule has 3 aromatic rings. The summed E-state index contributed by atoms with van der Waals surface area (Å²) in [6.07, 6.45) is 0. The van der Waals surface area contributed by atoms with E-state index in [1.807, 2.05) is 39.0 Å². The van der Waals surface area contributed by atoms with Gasteiger partial charge in [-0.3, -0.25) is 9.59 Å². The van der Waals surface area contributed by atoms with Crippen LogP contribution < -0.4 is 9.47 Å². The number of methoxy groups -OCH3 is 1. The number of aliphatic hydroxyl groups excluding tert-OH is 1. The minimum atomic E-state index is -0.845. The highest BCUT2D eigenvalue weighted by atomic mass is 16.5. The Labute approximate surface area is 235 Å². The van der Waals surface area contributed by atoms with Crippen LogP contribution in [-0.4, -0.2) is 65.0 Å². The average Bonchev–Trinajstić information content (AvgIpc) is 3.22. The summed E-state index contributed by atoms with van der Waals surface area (Å²) in [5.41, 5.74) is 3.12. The molecule has 1 fully saturated rings. The zero-order chi connectivity index (χ0) is 28.8. The van der Waals surface area contributed by atoms with Crippen LogP contribution in [0.1, 0.15) is 42.1 Å². The van der Waals surface area contributed by atoms with Gasteiger partial charge in [-0.2, -0.15) is 0 Å². The lowest BCUT2D eigenvalue weighted by atomic mass is 9.95. The summed E-state index contributed by atoms with van der Waals surface area (Å²) in [7, 11) is 1.43. The van der Waals surface area contributed by atoms with E-state index in [-0.39, 0.29) is 22.8 Å². The van der Waals surface area contributed by atoms with Gasteiger partial charge in [-0.25, -0.2) is 0 Å². The van der Waals surface area contributed by atoms with Crippen LogP contribution in [0.2, 0.25) is 0 Å². The van der Waals surface area contributed by atoms with Crippen LogP contribution in [0.4, 0.5) is 0 Å². The lowest BCUT2D eigenvalue weighted by Crippen LogP contribution is -2.38. The van der Waals surface area contributed by atoms with Crippen LogP contribution in [0.25, 0.3) is 5.76 Å². The maximum absolute atomic E-state index is 13.3. The fourth-order valence-corrected chi connectivity index (χ4v) is 4.94. The minimum absolute atomic E-state index is 0.00859. The van der Waals surface area contributed by atoms with Gasteiger partial charge in [-0.15, -0.1) is 0 Å². The first-order chi connectivity index (χ1) is 19.3. The molecule has 3 aromatic carbocycles. The fourth-order valence-electron chi connectivity index (χ4n) is 4.94. The van der Waals surface area contributed by atoms with E-state index in [0.29, 0.717) is 36.6 Å². The molecule has 0 saturated carbocycles. The first-order valence-electron chi connectivity index (χ1n) is 13.4. The third kappa shape index (κ3) is 6.13.